The van der Waals surface area contributed by atoms with E-state index in [2.05, 4.69) is 11.4 Å². The second-order valence-corrected chi connectivity index (χ2v) is 4.74. The van der Waals surface area contributed by atoms with Gasteiger partial charge in [0.05, 0.1) is 11.3 Å². The molecule has 0 saturated carbocycles. The lowest BCUT2D eigenvalue weighted by Crippen LogP contribution is -2.19. The van der Waals surface area contributed by atoms with Crippen molar-refractivity contribution >= 4 is 34.6 Å². The second kappa shape index (κ2) is 5.70. The molecular formula is C14H10ClN3S. The van der Waals surface area contributed by atoms with Gasteiger partial charge in [-0.3, -0.25) is 0 Å². The number of nitriles is 1. The van der Waals surface area contributed by atoms with Crippen LogP contribution in [0.25, 0.3) is 11.1 Å². The fraction of sp³-hybridized carbons (Fsp3) is 0. The molecule has 2 rings (SSSR count). The summed E-state index contributed by atoms with van der Waals surface area (Å²) in [5.41, 5.74) is 8.42. The highest BCUT2D eigenvalue weighted by atomic mass is 35.5. The number of rotatable bonds is 2. The summed E-state index contributed by atoms with van der Waals surface area (Å²) in [5.74, 6) is 0. The Kier molecular flexibility index (Phi) is 4.00. The second-order valence-electron chi connectivity index (χ2n) is 3.87. The molecule has 0 unspecified atom stereocenters. The Labute approximate surface area is 121 Å². The number of hydrogen-bond acceptors (Lipinski definition) is 2. The number of anilines is 1. The van der Waals surface area contributed by atoms with Crippen LogP contribution in [0, 0.1) is 11.3 Å². The van der Waals surface area contributed by atoms with Gasteiger partial charge in [-0.2, -0.15) is 5.26 Å². The molecule has 2 aromatic rings. The van der Waals surface area contributed by atoms with Crippen LogP contribution in [0.15, 0.2) is 42.5 Å². The normalized spacial score (nSPS) is 9.68. The Morgan fingerprint density at radius 1 is 1.16 bits per heavy atom. The van der Waals surface area contributed by atoms with E-state index in [0.29, 0.717) is 16.3 Å². The van der Waals surface area contributed by atoms with Gasteiger partial charge in [-0.25, -0.2) is 0 Å². The van der Waals surface area contributed by atoms with Crippen LogP contribution < -0.4 is 11.1 Å². The minimum Gasteiger partial charge on any atom is -0.376 e. The van der Waals surface area contributed by atoms with Gasteiger partial charge in [0.1, 0.15) is 6.07 Å². The van der Waals surface area contributed by atoms with E-state index in [1.807, 2.05) is 30.3 Å². The van der Waals surface area contributed by atoms with Crippen molar-refractivity contribution in [1.82, 2.24) is 0 Å². The summed E-state index contributed by atoms with van der Waals surface area (Å²) in [5, 5.41) is 12.7. The predicted octanol–water partition coefficient (Wildman–Crippen LogP) is 3.53. The van der Waals surface area contributed by atoms with Gasteiger partial charge < -0.3 is 11.1 Å². The van der Waals surface area contributed by atoms with Crippen LogP contribution in [0.1, 0.15) is 5.56 Å². The molecule has 5 heteroatoms. The summed E-state index contributed by atoms with van der Waals surface area (Å²) in [4.78, 5) is 0. The van der Waals surface area contributed by atoms with Gasteiger partial charge in [0, 0.05) is 5.02 Å². The molecule has 19 heavy (non-hydrogen) atoms. The van der Waals surface area contributed by atoms with Crippen molar-refractivity contribution in [2.45, 2.75) is 0 Å². The van der Waals surface area contributed by atoms with Crippen molar-refractivity contribution in [3.05, 3.63) is 53.1 Å². The zero-order valence-electron chi connectivity index (χ0n) is 9.85. The van der Waals surface area contributed by atoms with Gasteiger partial charge in [-0.15, -0.1) is 0 Å². The average Bonchev–Trinajstić information content (AvgIpc) is 2.39. The summed E-state index contributed by atoms with van der Waals surface area (Å²) in [6, 6.07) is 15.0. The Morgan fingerprint density at radius 3 is 2.37 bits per heavy atom. The zero-order chi connectivity index (χ0) is 13.8. The van der Waals surface area contributed by atoms with E-state index in [9.17, 15) is 0 Å². The first-order valence-electron chi connectivity index (χ1n) is 5.46. The average molecular weight is 288 g/mol. The number of nitrogens with zero attached hydrogens (tertiary/aromatic N) is 1. The first-order valence-corrected chi connectivity index (χ1v) is 6.25. The van der Waals surface area contributed by atoms with Gasteiger partial charge in [0.15, 0.2) is 5.11 Å². The fourth-order valence-electron chi connectivity index (χ4n) is 1.70. The van der Waals surface area contributed by atoms with Crippen LogP contribution in [0.5, 0.6) is 0 Å². The maximum absolute atomic E-state index is 9.15. The first kappa shape index (κ1) is 13.3. The van der Waals surface area contributed by atoms with Crippen LogP contribution in [0.3, 0.4) is 0 Å². The number of hydrogen-bond donors (Lipinski definition) is 2. The van der Waals surface area contributed by atoms with E-state index in [-0.39, 0.29) is 5.11 Å². The number of nitrogens with two attached hydrogens (primary N) is 1. The molecule has 0 spiro atoms. The molecule has 0 aromatic heterocycles. The Balaban J connectivity index is 2.42. The SMILES string of the molecule is N#Cc1cc(-c2ccc(Cl)cc2)ccc1NC(N)=S. The van der Waals surface area contributed by atoms with Crippen molar-refractivity contribution in [2.75, 3.05) is 5.32 Å². The summed E-state index contributed by atoms with van der Waals surface area (Å²) < 4.78 is 0. The topological polar surface area (TPSA) is 61.8 Å². The molecule has 2 aromatic carbocycles. The number of halogens is 1. The predicted molar refractivity (Wildman–Crippen MR) is 82.0 cm³/mol. The van der Waals surface area contributed by atoms with Gasteiger partial charge in [-0.05, 0) is 47.6 Å². The third-order valence-electron chi connectivity index (χ3n) is 2.58. The highest BCUT2D eigenvalue weighted by Gasteiger charge is 2.05. The van der Waals surface area contributed by atoms with E-state index < -0.39 is 0 Å². The molecule has 0 amide bonds. The molecule has 0 atom stereocenters. The van der Waals surface area contributed by atoms with Crippen molar-refractivity contribution in [3.63, 3.8) is 0 Å². The Hall–Kier alpha value is -2.09. The fourth-order valence-corrected chi connectivity index (χ4v) is 1.94. The molecule has 0 fully saturated rings. The summed E-state index contributed by atoms with van der Waals surface area (Å²) in [6.45, 7) is 0. The van der Waals surface area contributed by atoms with Gasteiger partial charge in [0.2, 0.25) is 0 Å². The molecule has 94 valence electrons. The van der Waals surface area contributed by atoms with Crippen LogP contribution in [-0.4, -0.2) is 5.11 Å². The molecule has 3 nitrogen and oxygen atoms in total. The molecule has 0 radical (unpaired) electrons. The Bertz CT molecular complexity index is 659. The quantitative estimate of drug-likeness (QED) is 0.830. The van der Waals surface area contributed by atoms with E-state index >= 15 is 0 Å². The van der Waals surface area contributed by atoms with Gasteiger partial charge in [0.25, 0.3) is 0 Å². The number of thiocarbonyl (C=S) groups is 1. The molecular weight excluding hydrogens is 278 g/mol. The van der Waals surface area contributed by atoms with Crippen molar-refractivity contribution in [1.29, 1.82) is 5.26 Å². The maximum Gasteiger partial charge on any atom is 0.168 e. The summed E-state index contributed by atoms with van der Waals surface area (Å²) >= 11 is 10.6. The lowest BCUT2D eigenvalue weighted by atomic mass is 10.0. The van der Waals surface area contributed by atoms with Gasteiger partial charge >= 0.3 is 0 Å². The van der Waals surface area contributed by atoms with Crippen LogP contribution in [0.2, 0.25) is 5.02 Å². The van der Waals surface area contributed by atoms with Crippen LogP contribution in [0.4, 0.5) is 5.69 Å². The maximum atomic E-state index is 9.15. The first-order chi connectivity index (χ1) is 9.10. The molecule has 0 aliphatic rings. The van der Waals surface area contributed by atoms with Gasteiger partial charge in [-0.1, -0.05) is 29.8 Å². The molecule has 0 bridgehead atoms. The van der Waals surface area contributed by atoms with E-state index in [4.69, 9.17) is 34.8 Å². The van der Waals surface area contributed by atoms with Crippen LogP contribution in [-0.2, 0) is 0 Å². The zero-order valence-corrected chi connectivity index (χ0v) is 11.4. The molecule has 0 saturated heterocycles. The van der Waals surface area contributed by atoms with E-state index in [1.165, 1.54) is 0 Å². The lowest BCUT2D eigenvalue weighted by molar-refractivity contribution is 1.47. The van der Waals surface area contributed by atoms with Crippen molar-refractivity contribution < 1.29 is 0 Å². The largest absolute Gasteiger partial charge is 0.376 e. The minimum absolute atomic E-state index is 0.135. The monoisotopic (exact) mass is 287 g/mol. The third-order valence-corrected chi connectivity index (χ3v) is 2.93. The number of nitrogens with one attached hydrogen (secondary N) is 1. The smallest absolute Gasteiger partial charge is 0.168 e. The van der Waals surface area contributed by atoms with Crippen LogP contribution >= 0.6 is 23.8 Å². The lowest BCUT2D eigenvalue weighted by Gasteiger charge is -2.08. The summed E-state index contributed by atoms with van der Waals surface area (Å²) in [6.07, 6.45) is 0. The highest BCUT2D eigenvalue weighted by Crippen LogP contribution is 2.26. The molecule has 0 aliphatic heterocycles. The highest BCUT2D eigenvalue weighted by molar-refractivity contribution is 7.80. The Morgan fingerprint density at radius 2 is 1.79 bits per heavy atom. The molecule has 3 N–H and O–H groups in total. The van der Waals surface area contributed by atoms with E-state index in [1.54, 1.807) is 12.1 Å². The third kappa shape index (κ3) is 3.22. The standard InChI is InChI=1S/C14H10ClN3S/c15-12-4-1-9(2-5-12)10-3-6-13(18-14(17)19)11(7-10)8-16/h1-7H,(H3,17,18,19). The summed E-state index contributed by atoms with van der Waals surface area (Å²) in [7, 11) is 0. The van der Waals surface area contributed by atoms with E-state index in [0.717, 1.165) is 11.1 Å². The number of benzene rings is 2. The van der Waals surface area contributed by atoms with Crippen molar-refractivity contribution in [2.24, 2.45) is 5.73 Å². The minimum atomic E-state index is 0.135. The molecule has 0 aliphatic carbocycles. The van der Waals surface area contributed by atoms with Crippen molar-refractivity contribution in [3.8, 4) is 17.2 Å². The molecule has 0 heterocycles.